The predicted octanol–water partition coefficient (Wildman–Crippen LogP) is 2.74. The van der Waals surface area contributed by atoms with Gasteiger partial charge in [-0.2, -0.15) is 0 Å². The summed E-state index contributed by atoms with van der Waals surface area (Å²) >= 11 is 1.73. The highest BCUT2D eigenvalue weighted by atomic mass is 32.2. The smallest absolute Gasteiger partial charge is 0.125 e. The quantitative estimate of drug-likeness (QED) is 0.490. The van der Waals surface area contributed by atoms with Gasteiger partial charge in [0.1, 0.15) is 10.9 Å². The predicted molar refractivity (Wildman–Crippen MR) is 72.9 cm³/mol. The van der Waals surface area contributed by atoms with Crippen LogP contribution in [-0.4, -0.2) is 16.1 Å². The van der Waals surface area contributed by atoms with E-state index in [0.29, 0.717) is 5.25 Å². The third kappa shape index (κ3) is 2.63. The summed E-state index contributed by atoms with van der Waals surface area (Å²) in [5, 5.41) is 9.12. The van der Waals surface area contributed by atoms with E-state index >= 15 is 0 Å². The monoisotopic (exact) mass is 249 g/mol. The van der Waals surface area contributed by atoms with E-state index < -0.39 is 0 Å². The Kier molecular flexibility index (Phi) is 3.72. The molecule has 4 heteroatoms. The average molecular weight is 249 g/mol. The van der Waals surface area contributed by atoms with Crippen molar-refractivity contribution in [2.45, 2.75) is 49.8 Å². The first-order valence-corrected chi connectivity index (χ1v) is 7.03. The molecule has 1 unspecified atom stereocenters. The van der Waals surface area contributed by atoms with Crippen LogP contribution in [0.25, 0.3) is 0 Å². The van der Waals surface area contributed by atoms with E-state index in [1.165, 1.54) is 17.7 Å². The van der Waals surface area contributed by atoms with Crippen molar-refractivity contribution in [3.63, 3.8) is 0 Å². The second-order valence-electron chi connectivity index (χ2n) is 4.55. The molecule has 92 valence electrons. The summed E-state index contributed by atoms with van der Waals surface area (Å²) in [6.45, 7) is 4.35. The van der Waals surface area contributed by atoms with Crippen LogP contribution in [0.4, 0.5) is 0 Å². The topological polar surface area (TPSA) is 62.8 Å². The molecule has 1 heterocycles. The number of rotatable bonds is 4. The first kappa shape index (κ1) is 12.4. The van der Waals surface area contributed by atoms with Crippen LogP contribution < -0.4 is 5.73 Å². The van der Waals surface area contributed by atoms with E-state index in [9.17, 15) is 0 Å². The van der Waals surface area contributed by atoms with Gasteiger partial charge in [0.2, 0.25) is 0 Å². The van der Waals surface area contributed by atoms with Gasteiger partial charge in [0.15, 0.2) is 0 Å². The fraction of sp³-hybridized carbons (Fsp3) is 0.538. The maximum absolute atomic E-state index is 7.66. The number of hydrogen-bond donors (Lipinski definition) is 2. The lowest BCUT2D eigenvalue weighted by atomic mass is 10.1. The van der Waals surface area contributed by atoms with E-state index in [1.807, 2.05) is 0 Å². The molecule has 1 aliphatic carbocycles. The number of thioether (sulfide) groups is 1. The number of amidine groups is 1. The van der Waals surface area contributed by atoms with Crippen molar-refractivity contribution in [2.75, 3.05) is 0 Å². The normalized spacial score (nSPS) is 15.6. The van der Waals surface area contributed by atoms with Crippen LogP contribution >= 0.6 is 11.8 Å². The molecule has 1 aliphatic rings. The number of fused-ring (bicyclic) bond motifs is 1. The summed E-state index contributed by atoms with van der Waals surface area (Å²) in [7, 11) is 0. The SMILES string of the molecule is CCC(C)Sc1nc2c(cc1C(=N)N)CCC2. The molecular weight excluding hydrogens is 230 g/mol. The van der Waals surface area contributed by atoms with Gasteiger partial charge in [0, 0.05) is 16.5 Å². The van der Waals surface area contributed by atoms with Crippen LogP contribution in [-0.2, 0) is 12.8 Å². The van der Waals surface area contributed by atoms with Crippen molar-refractivity contribution in [3.05, 3.63) is 22.9 Å². The standard InChI is InChI=1S/C13H19N3S/c1-3-8(2)17-13-10(12(14)15)7-9-5-4-6-11(9)16-13/h7-8H,3-6H2,1-2H3,(H3,14,15). The Morgan fingerprint density at radius 3 is 3.00 bits per heavy atom. The molecule has 1 atom stereocenters. The van der Waals surface area contributed by atoms with Gasteiger partial charge in [-0.1, -0.05) is 13.8 Å². The van der Waals surface area contributed by atoms with Crippen LogP contribution in [0.1, 0.15) is 43.5 Å². The largest absolute Gasteiger partial charge is 0.384 e. The molecule has 0 spiro atoms. The number of aryl methyl sites for hydroxylation is 2. The second-order valence-corrected chi connectivity index (χ2v) is 5.98. The second kappa shape index (κ2) is 5.08. The summed E-state index contributed by atoms with van der Waals surface area (Å²) in [5.41, 5.74) is 8.96. The zero-order valence-electron chi connectivity index (χ0n) is 10.4. The Morgan fingerprint density at radius 1 is 1.59 bits per heavy atom. The lowest BCUT2D eigenvalue weighted by Gasteiger charge is -2.13. The highest BCUT2D eigenvalue weighted by Crippen LogP contribution is 2.30. The molecule has 0 radical (unpaired) electrons. The van der Waals surface area contributed by atoms with Gasteiger partial charge >= 0.3 is 0 Å². The zero-order chi connectivity index (χ0) is 12.4. The Bertz CT molecular complexity index is 443. The zero-order valence-corrected chi connectivity index (χ0v) is 11.2. The van der Waals surface area contributed by atoms with Gasteiger partial charge in [0.05, 0.1) is 0 Å². The van der Waals surface area contributed by atoms with Crippen LogP contribution in [0.2, 0.25) is 0 Å². The molecule has 0 saturated heterocycles. The number of nitrogens with two attached hydrogens (primary N) is 1. The molecule has 17 heavy (non-hydrogen) atoms. The van der Waals surface area contributed by atoms with Crippen LogP contribution in [0.15, 0.2) is 11.1 Å². The maximum atomic E-state index is 7.66. The third-order valence-corrected chi connectivity index (χ3v) is 4.46. The Labute approximate surface area is 107 Å². The molecule has 3 nitrogen and oxygen atoms in total. The molecule has 0 aliphatic heterocycles. The molecule has 0 saturated carbocycles. The van der Waals surface area contributed by atoms with Crippen molar-refractivity contribution >= 4 is 17.6 Å². The number of hydrogen-bond acceptors (Lipinski definition) is 3. The summed E-state index contributed by atoms with van der Waals surface area (Å²) in [5.74, 6) is 0.137. The van der Waals surface area contributed by atoms with E-state index in [0.717, 1.165) is 29.9 Å². The van der Waals surface area contributed by atoms with Crippen molar-refractivity contribution in [3.8, 4) is 0 Å². The molecule has 0 bridgehead atoms. The Hall–Kier alpha value is -1.03. The fourth-order valence-corrected chi connectivity index (χ4v) is 3.02. The first-order chi connectivity index (χ1) is 8.11. The van der Waals surface area contributed by atoms with E-state index in [4.69, 9.17) is 16.1 Å². The van der Waals surface area contributed by atoms with Crippen molar-refractivity contribution in [2.24, 2.45) is 5.73 Å². The fourth-order valence-electron chi connectivity index (χ4n) is 2.01. The third-order valence-electron chi connectivity index (χ3n) is 3.19. The van der Waals surface area contributed by atoms with E-state index in [2.05, 4.69) is 19.9 Å². The number of nitrogens with one attached hydrogen (secondary N) is 1. The van der Waals surface area contributed by atoms with Gasteiger partial charge < -0.3 is 5.73 Å². The van der Waals surface area contributed by atoms with Gasteiger partial charge in [0.25, 0.3) is 0 Å². The van der Waals surface area contributed by atoms with Gasteiger partial charge in [-0.15, -0.1) is 11.8 Å². The number of aromatic nitrogens is 1. The molecule has 1 aromatic rings. The number of nitrogens with zero attached hydrogens (tertiary/aromatic N) is 1. The summed E-state index contributed by atoms with van der Waals surface area (Å²) in [4.78, 5) is 4.70. The maximum Gasteiger partial charge on any atom is 0.125 e. The Balaban J connectivity index is 2.38. The van der Waals surface area contributed by atoms with Crippen LogP contribution in [0.3, 0.4) is 0 Å². The molecule has 2 rings (SSSR count). The van der Waals surface area contributed by atoms with Crippen LogP contribution in [0.5, 0.6) is 0 Å². The summed E-state index contributed by atoms with van der Waals surface area (Å²) in [6.07, 6.45) is 4.43. The minimum Gasteiger partial charge on any atom is -0.384 e. The molecule has 0 amide bonds. The summed E-state index contributed by atoms with van der Waals surface area (Å²) < 4.78 is 0. The highest BCUT2D eigenvalue weighted by molar-refractivity contribution is 7.99. The summed E-state index contributed by atoms with van der Waals surface area (Å²) in [6, 6.07) is 2.07. The van der Waals surface area contributed by atoms with E-state index in [-0.39, 0.29) is 5.84 Å². The van der Waals surface area contributed by atoms with E-state index in [1.54, 1.807) is 11.8 Å². The Morgan fingerprint density at radius 2 is 2.35 bits per heavy atom. The van der Waals surface area contributed by atoms with Gasteiger partial charge in [-0.05, 0) is 37.3 Å². The van der Waals surface area contributed by atoms with Crippen molar-refractivity contribution < 1.29 is 0 Å². The minimum atomic E-state index is 0.137. The number of nitrogen functional groups attached to an aromatic ring is 1. The van der Waals surface area contributed by atoms with Crippen molar-refractivity contribution in [1.82, 2.24) is 4.98 Å². The van der Waals surface area contributed by atoms with Crippen molar-refractivity contribution in [1.29, 1.82) is 5.41 Å². The van der Waals surface area contributed by atoms with Gasteiger partial charge in [-0.25, -0.2) is 4.98 Å². The van der Waals surface area contributed by atoms with Crippen LogP contribution in [0, 0.1) is 5.41 Å². The minimum absolute atomic E-state index is 0.137. The van der Waals surface area contributed by atoms with Gasteiger partial charge in [-0.3, -0.25) is 5.41 Å². The first-order valence-electron chi connectivity index (χ1n) is 6.15. The molecule has 3 N–H and O–H groups in total. The molecule has 0 aromatic carbocycles. The average Bonchev–Trinajstić information content (AvgIpc) is 2.74. The molecular formula is C13H19N3S. The molecule has 0 fully saturated rings. The lowest BCUT2D eigenvalue weighted by molar-refractivity contribution is 0.882. The molecule has 1 aromatic heterocycles. The number of pyridine rings is 1. The lowest BCUT2D eigenvalue weighted by Crippen LogP contribution is -2.15. The highest BCUT2D eigenvalue weighted by Gasteiger charge is 2.18.